The van der Waals surface area contributed by atoms with Gasteiger partial charge < -0.3 is 10.3 Å². The standard InChI is InChI=1S/C15H23N5/c1-20-11-4-5-12(20)7-10(6-11)15-17-13(9-2-3-9)8-14(18-15)19-16/h8-12H,2-7,16H2,1H3,(H,17,18,19). The van der Waals surface area contributed by atoms with E-state index in [9.17, 15) is 0 Å². The minimum atomic E-state index is 0.509. The smallest absolute Gasteiger partial charge is 0.143 e. The maximum atomic E-state index is 5.58. The van der Waals surface area contributed by atoms with Crippen LogP contribution in [0.25, 0.3) is 0 Å². The van der Waals surface area contributed by atoms with Crippen molar-refractivity contribution < 1.29 is 0 Å². The predicted molar refractivity (Wildman–Crippen MR) is 78.4 cm³/mol. The molecule has 0 radical (unpaired) electrons. The molecule has 1 aromatic heterocycles. The first kappa shape index (κ1) is 12.5. The Bertz CT molecular complexity index is 499. The lowest BCUT2D eigenvalue weighted by Gasteiger charge is -2.35. The quantitative estimate of drug-likeness (QED) is 0.651. The summed E-state index contributed by atoms with van der Waals surface area (Å²) in [5.41, 5.74) is 3.90. The molecule has 4 rings (SSSR count). The van der Waals surface area contributed by atoms with Crippen molar-refractivity contribution in [2.45, 2.75) is 62.4 Å². The van der Waals surface area contributed by atoms with Crippen molar-refractivity contribution >= 4 is 5.82 Å². The Balaban J connectivity index is 1.63. The van der Waals surface area contributed by atoms with Gasteiger partial charge in [0.1, 0.15) is 11.6 Å². The number of hydrazine groups is 1. The number of rotatable bonds is 3. The summed E-state index contributed by atoms with van der Waals surface area (Å²) in [7, 11) is 2.27. The Morgan fingerprint density at radius 2 is 1.80 bits per heavy atom. The largest absolute Gasteiger partial charge is 0.308 e. The fraction of sp³-hybridized carbons (Fsp3) is 0.733. The number of hydrogen-bond donors (Lipinski definition) is 2. The fourth-order valence-electron chi connectivity index (χ4n) is 3.95. The maximum absolute atomic E-state index is 5.58. The molecule has 1 aromatic rings. The van der Waals surface area contributed by atoms with Crippen LogP contribution < -0.4 is 11.3 Å². The van der Waals surface area contributed by atoms with Crippen molar-refractivity contribution in [1.82, 2.24) is 14.9 Å². The molecule has 3 N–H and O–H groups in total. The van der Waals surface area contributed by atoms with Crippen LogP contribution in [-0.2, 0) is 0 Å². The van der Waals surface area contributed by atoms with E-state index in [1.165, 1.54) is 44.2 Å². The van der Waals surface area contributed by atoms with Crippen molar-refractivity contribution in [1.29, 1.82) is 0 Å². The minimum absolute atomic E-state index is 0.509. The van der Waals surface area contributed by atoms with Crippen molar-refractivity contribution in [2.75, 3.05) is 12.5 Å². The summed E-state index contributed by atoms with van der Waals surface area (Å²) in [5, 5.41) is 0. The van der Waals surface area contributed by atoms with Crippen LogP contribution in [-0.4, -0.2) is 34.0 Å². The minimum Gasteiger partial charge on any atom is -0.308 e. The van der Waals surface area contributed by atoms with E-state index in [1.54, 1.807) is 0 Å². The Morgan fingerprint density at radius 1 is 1.10 bits per heavy atom. The zero-order valence-corrected chi connectivity index (χ0v) is 12.0. The third-order valence-corrected chi connectivity index (χ3v) is 5.37. The number of piperidine rings is 1. The third-order valence-electron chi connectivity index (χ3n) is 5.37. The molecule has 1 saturated carbocycles. The van der Waals surface area contributed by atoms with Gasteiger partial charge in [-0.15, -0.1) is 0 Å². The molecular formula is C15H23N5. The molecule has 3 aliphatic rings. The Hall–Kier alpha value is -1.20. The molecule has 2 aliphatic heterocycles. The summed E-state index contributed by atoms with van der Waals surface area (Å²) in [4.78, 5) is 12.1. The zero-order chi connectivity index (χ0) is 13.7. The molecule has 0 amide bonds. The number of nitrogen functional groups attached to an aromatic ring is 1. The van der Waals surface area contributed by atoms with Gasteiger partial charge in [0.2, 0.25) is 0 Å². The molecule has 2 atom stereocenters. The normalized spacial score (nSPS) is 33.4. The number of nitrogens with one attached hydrogen (secondary N) is 1. The number of nitrogens with two attached hydrogens (primary N) is 1. The highest BCUT2D eigenvalue weighted by atomic mass is 15.3. The van der Waals surface area contributed by atoms with Gasteiger partial charge in [-0.25, -0.2) is 15.8 Å². The van der Waals surface area contributed by atoms with E-state index in [1.807, 2.05) is 6.07 Å². The lowest BCUT2D eigenvalue weighted by molar-refractivity contribution is 0.159. The molecule has 2 bridgehead atoms. The summed E-state index contributed by atoms with van der Waals surface area (Å²) in [6.07, 6.45) is 7.60. The van der Waals surface area contributed by atoms with E-state index < -0.39 is 0 Å². The summed E-state index contributed by atoms with van der Waals surface area (Å²) in [6, 6.07) is 3.47. The highest BCUT2D eigenvalue weighted by Crippen LogP contribution is 2.43. The second-order valence-corrected chi connectivity index (χ2v) is 6.67. The predicted octanol–water partition coefficient (Wildman–Crippen LogP) is 1.98. The first-order valence-corrected chi connectivity index (χ1v) is 7.82. The van der Waals surface area contributed by atoms with Gasteiger partial charge in [-0.1, -0.05) is 0 Å². The van der Waals surface area contributed by atoms with E-state index in [-0.39, 0.29) is 0 Å². The fourth-order valence-corrected chi connectivity index (χ4v) is 3.95. The van der Waals surface area contributed by atoms with Crippen LogP contribution >= 0.6 is 0 Å². The van der Waals surface area contributed by atoms with E-state index in [2.05, 4.69) is 22.4 Å². The van der Waals surface area contributed by atoms with Crippen molar-refractivity contribution in [2.24, 2.45) is 5.84 Å². The van der Waals surface area contributed by atoms with Crippen molar-refractivity contribution in [3.63, 3.8) is 0 Å². The first-order chi connectivity index (χ1) is 9.74. The van der Waals surface area contributed by atoms with Crippen LogP contribution in [0.3, 0.4) is 0 Å². The summed E-state index contributed by atoms with van der Waals surface area (Å²) >= 11 is 0. The summed E-state index contributed by atoms with van der Waals surface area (Å²) in [5.74, 6) is 8.53. The number of anilines is 1. The van der Waals surface area contributed by atoms with Gasteiger partial charge in [0.05, 0.1) is 0 Å². The number of nitrogens with zero attached hydrogens (tertiary/aromatic N) is 3. The number of hydrogen-bond acceptors (Lipinski definition) is 5. The first-order valence-electron chi connectivity index (χ1n) is 7.82. The van der Waals surface area contributed by atoms with Gasteiger partial charge in [0.25, 0.3) is 0 Å². The molecule has 2 saturated heterocycles. The highest BCUT2D eigenvalue weighted by molar-refractivity contribution is 5.37. The average Bonchev–Trinajstić information content (AvgIpc) is 3.29. The average molecular weight is 273 g/mol. The van der Waals surface area contributed by atoms with Gasteiger partial charge in [-0.3, -0.25) is 0 Å². The SMILES string of the molecule is CN1C2CCC1CC(c1nc(NN)cc(C3CC3)n1)C2. The number of aromatic nitrogens is 2. The Morgan fingerprint density at radius 3 is 2.40 bits per heavy atom. The van der Waals surface area contributed by atoms with Crippen LogP contribution in [0.1, 0.15) is 61.9 Å². The van der Waals surface area contributed by atoms with E-state index >= 15 is 0 Å². The van der Waals surface area contributed by atoms with Crippen LogP contribution in [0.5, 0.6) is 0 Å². The second kappa shape index (κ2) is 4.67. The van der Waals surface area contributed by atoms with Gasteiger partial charge in [0.15, 0.2) is 0 Å². The van der Waals surface area contributed by atoms with Crippen LogP contribution in [0.15, 0.2) is 6.07 Å². The maximum Gasteiger partial charge on any atom is 0.143 e. The lowest BCUT2D eigenvalue weighted by Crippen LogP contribution is -2.39. The molecule has 2 unspecified atom stereocenters. The van der Waals surface area contributed by atoms with E-state index in [4.69, 9.17) is 10.8 Å². The molecule has 108 valence electrons. The van der Waals surface area contributed by atoms with Gasteiger partial charge in [-0.2, -0.15) is 0 Å². The second-order valence-electron chi connectivity index (χ2n) is 6.67. The summed E-state index contributed by atoms with van der Waals surface area (Å²) in [6.45, 7) is 0. The number of fused-ring (bicyclic) bond motifs is 2. The molecule has 3 heterocycles. The van der Waals surface area contributed by atoms with Gasteiger partial charge >= 0.3 is 0 Å². The van der Waals surface area contributed by atoms with Gasteiger partial charge in [0, 0.05) is 35.7 Å². The Kier molecular flexibility index (Phi) is 2.93. The third kappa shape index (κ3) is 2.09. The van der Waals surface area contributed by atoms with Crippen molar-refractivity contribution in [3.05, 3.63) is 17.6 Å². The molecule has 0 aromatic carbocycles. The molecule has 3 fully saturated rings. The molecule has 0 spiro atoms. The lowest BCUT2D eigenvalue weighted by atomic mass is 9.90. The molecular weight excluding hydrogens is 250 g/mol. The van der Waals surface area contributed by atoms with Crippen LogP contribution in [0.2, 0.25) is 0 Å². The molecule has 5 nitrogen and oxygen atoms in total. The van der Waals surface area contributed by atoms with Crippen LogP contribution in [0, 0.1) is 0 Å². The monoisotopic (exact) mass is 273 g/mol. The highest BCUT2D eigenvalue weighted by Gasteiger charge is 2.40. The van der Waals surface area contributed by atoms with Gasteiger partial charge in [-0.05, 0) is 45.6 Å². The zero-order valence-electron chi connectivity index (χ0n) is 12.0. The van der Waals surface area contributed by atoms with E-state index in [0.29, 0.717) is 11.8 Å². The molecule has 20 heavy (non-hydrogen) atoms. The molecule has 1 aliphatic carbocycles. The topological polar surface area (TPSA) is 67.1 Å². The Labute approximate surface area is 119 Å². The van der Waals surface area contributed by atoms with E-state index in [0.717, 1.165) is 23.7 Å². The van der Waals surface area contributed by atoms with Crippen molar-refractivity contribution in [3.8, 4) is 0 Å². The van der Waals surface area contributed by atoms with Crippen LogP contribution in [0.4, 0.5) is 5.82 Å². The summed E-state index contributed by atoms with van der Waals surface area (Å²) < 4.78 is 0. The molecule has 5 heteroatoms.